The van der Waals surface area contributed by atoms with Gasteiger partial charge in [0.1, 0.15) is 0 Å². The van der Waals surface area contributed by atoms with Crippen molar-refractivity contribution in [2.45, 2.75) is 37.9 Å². The Bertz CT molecular complexity index is 139. The fourth-order valence-electron chi connectivity index (χ4n) is 1.11. The molecule has 0 spiro atoms. The van der Waals surface area contributed by atoms with E-state index in [1.807, 2.05) is 34.3 Å². The minimum absolute atomic E-state index is 0.485. The molecule has 0 aliphatic heterocycles. The summed E-state index contributed by atoms with van der Waals surface area (Å²) in [5, 5.41) is 1.16. The molecule has 1 unspecified atom stereocenters. The smallest absolute Gasteiger partial charge is 0.0505 e. The molecule has 1 nitrogen and oxygen atoms in total. The van der Waals surface area contributed by atoms with Crippen LogP contribution in [0.2, 0.25) is 0 Å². The first-order valence-corrected chi connectivity index (χ1v) is 10.2. The van der Waals surface area contributed by atoms with Crippen LogP contribution >= 0.6 is 45.3 Å². The molecule has 1 N–H and O–H groups in total. The standard InChI is InChI=1S/C10H23NS4/c1-5-10(2,13-4)7-6-8-11-15-14-9-12-3/h11H,5-9H2,1-4H3. The van der Waals surface area contributed by atoms with Crippen LogP contribution in [0.3, 0.4) is 0 Å². The van der Waals surface area contributed by atoms with E-state index in [2.05, 4.69) is 31.1 Å². The molecule has 0 saturated carbocycles. The molecule has 0 aromatic rings. The van der Waals surface area contributed by atoms with Crippen LogP contribution in [0.15, 0.2) is 0 Å². The zero-order chi connectivity index (χ0) is 11.6. The Morgan fingerprint density at radius 1 is 1.27 bits per heavy atom. The van der Waals surface area contributed by atoms with Gasteiger partial charge in [0.15, 0.2) is 0 Å². The fraction of sp³-hybridized carbons (Fsp3) is 1.00. The number of hydrogen-bond acceptors (Lipinski definition) is 5. The SMILES string of the molecule is CCC(C)(CCCNSSCSC)SC. The first-order valence-electron chi connectivity index (χ1n) is 5.24. The maximum absolute atomic E-state index is 3.40. The fourth-order valence-corrected chi connectivity index (χ4v) is 4.44. The van der Waals surface area contributed by atoms with Gasteiger partial charge in [-0.2, -0.15) is 23.5 Å². The average molecular weight is 286 g/mol. The van der Waals surface area contributed by atoms with Crippen LogP contribution in [0, 0.1) is 0 Å². The summed E-state index contributed by atoms with van der Waals surface area (Å²) < 4.78 is 3.88. The van der Waals surface area contributed by atoms with Gasteiger partial charge in [-0.1, -0.05) is 24.6 Å². The lowest BCUT2D eigenvalue weighted by Crippen LogP contribution is -2.20. The van der Waals surface area contributed by atoms with Crippen molar-refractivity contribution in [1.82, 2.24) is 4.72 Å². The van der Waals surface area contributed by atoms with Crippen LogP contribution < -0.4 is 4.72 Å². The van der Waals surface area contributed by atoms with Crippen molar-refractivity contribution in [1.29, 1.82) is 0 Å². The third-order valence-corrected chi connectivity index (χ3v) is 7.33. The normalized spacial score (nSPS) is 15.2. The highest BCUT2D eigenvalue weighted by molar-refractivity contribution is 8.77. The molecule has 0 aromatic heterocycles. The third-order valence-electron chi connectivity index (χ3n) is 2.51. The second-order valence-corrected chi connectivity index (χ2v) is 8.43. The molecule has 0 amide bonds. The van der Waals surface area contributed by atoms with Gasteiger partial charge in [0.2, 0.25) is 0 Å². The minimum Gasteiger partial charge on any atom is -0.255 e. The highest BCUT2D eigenvalue weighted by Crippen LogP contribution is 2.31. The molecule has 0 saturated heterocycles. The molecule has 0 radical (unpaired) electrons. The lowest BCUT2D eigenvalue weighted by molar-refractivity contribution is 0.544. The highest BCUT2D eigenvalue weighted by atomic mass is 33.1. The van der Waals surface area contributed by atoms with Crippen LogP contribution in [-0.2, 0) is 0 Å². The Balaban J connectivity index is 3.29. The zero-order valence-electron chi connectivity index (χ0n) is 10.2. The van der Waals surface area contributed by atoms with E-state index in [0.717, 1.165) is 11.6 Å². The van der Waals surface area contributed by atoms with E-state index in [0.29, 0.717) is 4.75 Å². The number of rotatable bonds is 10. The average Bonchev–Trinajstić information content (AvgIpc) is 2.27. The molecule has 0 aliphatic rings. The lowest BCUT2D eigenvalue weighted by Gasteiger charge is -2.25. The Morgan fingerprint density at radius 3 is 2.53 bits per heavy atom. The Hall–Kier alpha value is 1.36. The molecule has 92 valence electrons. The van der Waals surface area contributed by atoms with Gasteiger partial charge in [-0.3, -0.25) is 4.72 Å². The van der Waals surface area contributed by atoms with E-state index >= 15 is 0 Å². The topological polar surface area (TPSA) is 12.0 Å². The van der Waals surface area contributed by atoms with Crippen molar-refractivity contribution >= 4 is 45.3 Å². The maximum Gasteiger partial charge on any atom is 0.0505 e. The summed E-state index contributed by atoms with van der Waals surface area (Å²) in [5.74, 6) is 0. The molecule has 0 heterocycles. The van der Waals surface area contributed by atoms with Crippen LogP contribution in [0.1, 0.15) is 33.1 Å². The minimum atomic E-state index is 0.485. The summed E-state index contributed by atoms with van der Waals surface area (Å²) in [6.07, 6.45) is 8.21. The van der Waals surface area contributed by atoms with E-state index in [1.54, 1.807) is 11.0 Å². The monoisotopic (exact) mass is 285 g/mol. The molecule has 0 aliphatic carbocycles. The second kappa shape index (κ2) is 10.5. The van der Waals surface area contributed by atoms with E-state index in [9.17, 15) is 0 Å². The Kier molecular flexibility index (Phi) is 11.5. The lowest BCUT2D eigenvalue weighted by atomic mass is 10.0. The van der Waals surface area contributed by atoms with E-state index in [4.69, 9.17) is 0 Å². The van der Waals surface area contributed by atoms with Gasteiger partial charge in [0.25, 0.3) is 0 Å². The molecule has 0 rings (SSSR count). The first-order chi connectivity index (χ1) is 7.18. The van der Waals surface area contributed by atoms with Gasteiger partial charge in [-0.25, -0.2) is 0 Å². The number of thioether (sulfide) groups is 2. The predicted octanol–water partition coefficient (Wildman–Crippen LogP) is 4.50. The third kappa shape index (κ3) is 9.10. The van der Waals surface area contributed by atoms with Gasteiger partial charge in [0, 0.05) is 11.3 Å². The van der Waals surface area contributed by atoms with Crippen molar-refractivity contribution in [2.24, 2.45) is 0 Å². The Labute approximate surface area is 112 Å². The van der Waals surface area contributed by atoms with Gasteiger partial charge in [-0.15, -0.1) is 0 Å². The van der Waals surface area contributed by atoms with Gasteiger partial charge in [0.05, 0.1) is 5.08 Å². The highest BCUT2D eigenvalue weighted by Gasteiger charge is 2.19. The molecule has 5 heteroatoms. The molecule has 1 atom stereocenters. The zero-order valence-corrected chi connectivity index (χ0v) is 13.4. The van der Waals surface area contributed by atoms with E-state index < -0.39 is 0 Å². The summed E-state index contributed by atoms with van der Waals surface area (Å²) in [7, 11) is 3.67. The van der Waals surface area contributed by atoms with Crippen molar-refractivity contribution in [2.75, 3.05) is 24.1 Å². The second-order valence-electron chi connectivity index (χ2n) is 3.61. The summed E-state index contributed by atoms with van der Waals surface area (Å²) in [5.41, 5.74) is 0. The van der Waals surface area contributed by atoms with Gasteiger partial charge < -0.3 is 0 Å². The van der Waals surface area contributed by atoms with Crippen molar-refractivity contribution in [3.63, 3.8) is 0 Å². The van der Waals surface area contributed by atoms with Crippen LogP contribution in [-0.4, -0.2) is 28.9 Å². The summed E-state index contributed by atoms with van der Waals surface area (Å²) >= 11 is 3.88. The molecular formula is C10H23NS4. The molecule has 0 bridgehead atoms. The largest absolute Gasteiger partial charge is 0.255 e. The summed E-state index contributed by atoms with van der Waals surface area (Å²) in [6.45, 7) is 5.78. The van der Waals surface area contributed by atoms with Gasteiger partial charge >= 0.3 is 0 Å². The first kappa shape index (κ1) is 16.4. The molecule has 15 heavy (non-hydrogen) atoms. The summed E-state index contributed by atoms with van der Waals surface area (Å²) in [6, 6.07) is 0. The maximum atomic E-state index is 3.40. The van der Waals surface area contributed by atoms with Crippen molar-refractivity contribution < 1.29 is 0 Å². The molecular weight excluding hydrogens is 262 g/mol. The van der Waals surface area contributed by atoms with Crippen LogP contribution in [0.25, 0.3) is 0 Å². The molecule has 0 aromatic carbocycles. The van der Waals surface area contributed by atoms with Gasteiger partial charge in [-0.05, 0) is 42.8 Å². The quantitative estimate of drug-likeness (QED) is 0.273. The summed E-state index contributed by atoms with van der Waals surface area (Å²) in [4.78, 5) is 0. The van der Waals surface area contributed by atoms with Crippen LogP contribution in [0.5, 0.6) is 0 Å². The Morgan fingerprint density at radius 2 is 2.00 bits per heavy atom. The van der Waals surface area contributed by atoms with Crippen molar-refractivity contribution in [3.05, 3.63) is 0 Å². The number of nitrogens with one attached hydrogen (secondary N) is 1. The molecule has 0 fully saturated rings. The van der Waals surface area contributed by atoms with E-state index in [1.165, 1.54) is 19.3 Å². The van der Waals surface area contributed by atoms with Crippen molar-refractivity contribution in [3.8, 4) is 0 Å². The number of hydrogen-bond donors (Lipinski definition) is 1. The van der Waals surface area contributed by atoms with Crippen LogP contribution in [0.4, 0.5) is 0 Å². The predicted molar refractivity (Wildman–Crippen MR) is 83.0 cm³/mol. The van der Waals surface area contributed by atoms with E-state index in [-0.39, 0.29) is 0 Å².